The van der Waals surface area contributed by atoms with E-state index < -0.39 is 0 Å². The van der Waals surface area contributed by atoms with Gasteiger partial charge in [-0.2, -0.15) is 0 Å². The van der Waals surface area contributed by atoms with E-state index in [0.29, 0.717) is 12.0 Å². The zero-order chi connectivity index (χ0) is 12.6. The minimum absolute atomic E-state index is 0.270. The predicted octanol–water partition coefficient (Wildman–Crippen LogP) is 3.38. The molecule has 2 nitrogen and oxygen atoms in total. The summed E-state index contributed by atoms with van der Waals surface area (Å²) < 4.78 is 5.86. The van der Waals surface area contributed by atoms with Gasteiger partial charge in [0.2, 0.25) is 0 Å². The van der Waals surface area contributed by atoms with Crippen LogP contribution in [0.2, 0.25) is 0 Å². The van der Waals surface area contributed by atoms with Crippen molar-refractivity contribution in [2.24, 2.45) is 5.92 Å². The van der Waals surface area contributed by atoms with Gasteiger partial charge >= 0.3 is 0 Å². The SMILES string of the molecule is CCCNC(C=C(C)C)C(OCC)C(C)C. The van der Waals surface area contributed by atoms with E-state index in [1.165, 1.54) is 5.57 Å². The van der Waals surface area contributed by atoms with E-state index >= 15 is 0 Å². The van der Waals surface area contributed by atoms with E-state index in [4.69, 9.17) is 4.74 Å². The molecule has 2 atom stereocenters. The van der Waals surface area contributed by atoms with Gasteiger partial charge in [-0.25, -0.2) is 0 Å². The highest BCUT2D eigenvalue weighted by atomic mass is 16.5. The fraction of sp³-hybridized carbons (Fsp3) is 0.857. The number of ether oxygens (including phenoxy) is 1. The molecule has 2 unspecified atom stereocenters. The van der Waals surface area contributed by atoms with Crippen LogP contribution in [0.15, 0.2) is 11.6 Å². The van der Waals surface area contributed by atoms with Crippen molar-refractivity contribution in [3.05, 3.63) is 11.6 Å². The molecule has 0 aliphatic heterocycles. The van der Waals surface area contributed by atoms with Crippen LogP contribution in [0.4, 0.5) is 0 Å². The van der Waals surface area contributed by atoms with Crippen LogP contribution in [0.25, 0.3) is 0 Å². The Kier molecular flexibility index (Phi) is 8.58. The summed E-state index contributed by atoms with van der Waals surface area (Å²) in [5.74, 6) is 0.532. The molecule has 0 heterocycles. The Labute approximate surface area is 101 Å². The molecule has 0 radical (unpaired) electrons. The minimum Gasteiger partial charge on any atom is -0.376 e. The van der Waals surface area contributed by atoms with Crippen LogP contribution < -0.4 is 5.32 Å². The van der Waals surface area contributed by atoms with Gasteiger partial charge in [0.15, 0.2) is 0 Å². The molecule has 0 aromatic rings. The lowest BCUT2D eigenvalue weighted by molar-refractivity contribution is 0.0144. The van der Waals surface area contributed by atoms with E-state index in [0.717, 1.165) is 19.6 Å². The Morgan fingerprint density at radius 2 is 1.88 bits per heavy atom. The average Bonchev–Trinajstić information content (AvgIpc) is 2.20. The van der Waals surface area contributed by atoms with Crippen LogP contribution in [0, 0.1) is 5.92 Å². The molecule has 0 aromatic heterocycles. The maximum absolute atomic E-state index is 5.86. The predicted molar refractivity (Wildman–Crippen MR) is 71.8 cm³/mol. The molecule has 0 aliphatic rings. The molecule has 0 aromatic carbocycles. The summed E-state index contributed by atoms with van der Waals surface area (Å²) in [6.45, 7) is 14.8. The van der Waals surface area contributed by atoms with Gasteiger partial charge in [-0.15, -0.1) is 0 Å². The molecule has 0 fully saturated rings. The maximum Gasteiger partial charge on any atom is 0.0786 e. The van der Waals surface area contributed by atoms with Crippen LogP contribution in [0.5, 0.6) is 0 Å². The molecule has 16 heavy (non-hydrogen) atoms. The van der Waals surface area contributed by atoms with Crippen molar-refractivity contribution in [1.29, 1.82) is 0 Å². The second kappa shape index (κ2) is 8.77. The molecular weight excluding hydrogens is 198 g/mol. The third kappa shape index (κ3) is 6.29. The Morgan fingerprint density at radius 1 is 1.25 bits per heavy atom. The van der Waals surface area contributed by atoms with Gasteiger partial charge in [-0.1, -0.05) is 32.4 Å². The van der Waals surface area contributed by atoms with Crippen molar-refractivity contribution in [2.45, 2.75) is 60.1 Å². The van der Waals surface area contributed by atoms with E-state index in [1.807, 2.05) is 0 Å². The maximum atomic E-state index is 5.86. The van der Waals surface area contributed by atoms with Crippen LogP contribution in [-0.4, -0.2) is 25.3 Å². The molecule has 1 N–H and O–H groups in total. The van der Waals surface area contributed by atoms with Crippen LogP contribution in [0.1, 0.15) is 48.0 Å². The topological polar surface area (TPSA) is 21.3 Å². The van der Waals surface area contributed by atoms with Crippen molar-refractivity contribution in [3.63, 3.8) is 0 Å². The molecule has 0 aliphatic carbocycles. The van der Waals surface area contributed by atoms with Gasteiger partial charge in [0.25, 0.3) is 0 Å². The molecule has 0 spiro atoms. The lowest BCUT2D eigenvalue weighted by atomic mass is 9.97. The van der Waals surface area contributed by atoms with Crippen molar-refractivity contribution in [3.8, 4) is 0 Å². The lowest BCUT2D eigenvalue weighted by Gasteiger charge is -2.29. The smallest absolute Gasteiger partial charge is 0.0786 e. The largest absolute Gasteiger partial charge is 0.376 e. The third-order valence-corrected chi connectivity index (χ3v) is 2.51. The Bertz CT molecular complexity index is 195. The zero-order valence-corrected chi connectivity index (χ0v) is 11.8. The minimum atomic E-state index is 0.270. The highest BCUT2D eigenvalue weighted by Gasteiger charge is 2.22. The lowest BCUT2D eigenvalue weighted by Crippen LogP contribution is -2.43. The van der Waals surface area contributed by atoms with Gasteiger partial charge in [0, 0.05) is 6.61 Å². The number of nitrogens with one attached hydrogen (secondary N) is 1. The first-order valence-corrected chi connectivity index (χ1v) is 6.52. The molecule has 96 valence electrons. The van der Waals surface area contributed by atoms with E-state index in [-0.39, 0.29) is 6.10 Å². The van der Waals surface area contributed by atoms with E-state index in [2.05, 4.69) is 52.9 Å². The van der Waals surface area contributed by atoms with Crippen molar-refractivity contribution < 1.29 is 4.74 Å². The third-order valence-electron chi connectivity index (χ3n) is 2.51. The fourth-order valence-electron chi connectivity index (χ4n) is 1.84. The number of hydrogen-bond donors (Lipinski definition) is 1. The Balaban J connectivity index is 4.59. The highest BCUT2D eigenvalue weighted by Crippen LogP contribution is 2.14. The van der Waals surface area contributed by atoms with Crippen LogP contribution in [-0.2, 0) is 4.74 Å². The molecule has 0 rings (SSSR count). The summed E-state index contributed by atoms with van der Waals surface area (Å²) in [5.41, 5.74) is 1.35. The molecule has 0 saturated carbocycles. The number of allylic oxidation sites excluding steroid dienone is 1. The van der Waals surface area contributed by atoms with Crippen molar-refractivity contribution >= 4 is 0 Å². The fourth-order valence-corrected chi connectivity index (χ4v) is 1.84. The zero-order valence-electron chi connectivity index (χ0n) is 11.8. The quantitative estimate of drug-likeness (QED) is 0.642. The van der Waals surface area contributed by atoms with Gasteiger partial charge in [0.05, 0.1) is 12.1 Å². The molecular formula is C14H29NO. The number of rotatable bonds is 8. The first-order chi connectivity index (χ1) is 7.52. The molecule has 2 heteroatoms. The molecule has 0 saturated heterocycles. The molecule has 0 bridgehead atoms. The average molecular weight is 227 g/mol. The summed E-state index contributed by atoms with van der Waals surface area (Å²) in [4.78, 5) is 0. The summed E-state index contributed by atoms with van der Waals surface area (Å²) in [6.07, 6.45) is 3.71. The van der Waals surface area contributed by atoms with Gasteiger partial charge in [0.1, 0.15) is 0 Å². The molecule has 0 amide bonds. The first-order valence-electron chi connectivity index (χ1n) is 6.52. The highest BCUT2D eigenvalue weighted by molar-refractivity contribution is 5.04. The van der Waals surface area contributed by atoms with Crippen LogP contribution >= 0.6 is 0 Å². The first kappa shape index (κ1) is 15.7. The van der Waals surface area contributed by atoms with Crippen molar-refractivity contribution in [2.75, 3.05) is 13.2 Å². The Hall–Kier alpha value is -0.340. The van der Waals surface area contributed by atoms with Gasteiger partial charge < -0.3 is 10.1 Å². The standard InChI is InChI=1S/C14H29NO/c1-7-9-15-13(10-11(3)4)14(12(5)6)16-8-2/h10,12-15H,7-9H2,1-6H3. The van der Waals surface area contributed by atoms with Gasteiger partial charge in [-0.3, -0.25) is 0 Å². The normalized spacial score (nSPS) is 14.9. The monoisotopic (exact) mass is 227 g/mol. The van der Waals surface area contributed by atoms with E-state index in [9.17, 15) is 0 Å². The van der Waals surface area contributed by atoms with Gasteiger partial charge in [-0.05, 0) is 39.7 Å². The summed E-state index contributed by atoms with van der Waals surface area (Å²) >= 11 is 0. The summed E-state index contributed by atoms with van der Waals surface area (Å²) in [5, 5.41) is 3.57. The Morgan fingerprint density at radius 3 is 2.25 bits per heavy atom. The van der Waals surface area contributed by atoms with Crippen LogP contribution in [0.3, 0.4) is 0 Å². The van der Waals surface area contributed by atoms with E-state index in [1.54, 1.807) is 0 Å². The summed E-state index contributed by atoms with van der Waals surface area (Å²) in [7, 11) is 0. The summed E-state index contributed by atoms with van der Waals surface area (Å²) in [6, 6.07) is 0.338. The number of hydrogen-bond acceptors (Lipinski definition) is 2. The second-order valence-corrected chi connectivity index (χ2v) is 4.89. The van der Waals surface area contributed by atoms with Crippen molar-refractivity contribution in [1.82, 2.24) is 5.32 Å². The second-order valence-electron chi connectivity index (χ2n) is 4.89.